The van der Waals surface area contributed by atoms with Gasteiger partial charge in [-0.25, -0.2) is 4.85 Å². The highest BCUT2D eigenvalue weighted by atomic mass is 15.2. The van der Waals surface area contributed by atoms with Crippen LogP contribution < -0.4 is 4.90 Å². The zero-order valence-electron chi connectivity index (χ0n) is 23.6. The number of nitriles is 1. The van der Waals surface area contributed by atoms with E-state index in [0.717, 1.165) is 49.9 Å². The molecule has 0 bridgehead atoms. The molecule has 4 nitrogen and oxygen atoms in total. The van der Waals surface area contributed by atoms with E-state index in [1.54, 1.807) is 0 Å². The molecule has 2 aromatic rings. The minimum atomic E-state index is -0.128. The quantitative estimate of drug-likeness (QED) is 0.227. The molecule has 0 saturated heterocycles. The van der Waals surface area contributed by atoms with E-state index in [0.29, 0.717) is 24.3 Å². The van der Waals surface area contributed by atoms with E-state index >= 15 is 0 Å². The molecule has 0 amide bonds. The standard InChI is InChI=1S/C37H35N4/c1-4-23-40-32-17-15-28(27-38)25-30(32)36(19-8-6-9-20-36)34(40)13-12-14-35-37(21-10-7-11-22-37)31-26-29(39-3)16-18-33(31)41(35)24-5-2/h1-2,12-18,25-26H,6-11,19-24H2/q+1. The van der Waals surface area contributed by atoms with Crippen LogP contribution >= 0.6 is 0 Å². The molecule has 2 aliphatic heterocycles. The third kappa shape index (κ3) is 4.19. The Labute approximate surface area is 244 Å². The van der Waals surface area contributed by atoms with Crippen LogP contribution in [0.15, 0.2) is 60.3 Å². The molecule has 6 rings (SSSR count). The average molecular weight is 536 g/mol. The van der Waals surface area contributed by atoms with Crippen molar-refractivity contribution < 1.29 is 4.58 Å². The molecule has 0 aromatic heterocycles. The molecule has 0 radical (unpaired) electrons. The van der Waals surface area contributed by atoms with Gasteiger partial charge in [-0.3, -0.25) is 0 Å². The lowest BCUT2D eigenvalue weighted by Gasteiger charge is -2.37. The fraction of sp³-hybridized carbons (Fsp3) is 0.378. The van der Waals surface area contributed by atoms with Gasteiger partial charge in [0.1, 0.15) is 0 Å². The molecule has 0 N–H and O–H groups in total. The smallest absolute Gasteiger partial charge is 0.210 e. The Hall–Kier alpha value is -4.51. The van der Waals surface area contributed by atoms with Crippen LogP contribution in [0.25, 0.3) is 4.85 Å². The van der Waals surface area contributed by atoms with Crippen molar-refractivity contribution in [2.75, 3.05) is 18.0 Å². The molecule has 2 fully saturated rings. The Bertz CT molecular complexity index is 1640. The largest absolute Gasteiger partial charge is 0.332 e. The van der Waals surface area contributed by atoms with Gasteiger partial charge in [0.15, 0.2) is 11.4 Å². The van der Waals surface area contributed by atoms with Gasteiger partial charge in [-0.1, -0.05) is 62.7 Å². The van der Waals surface area contributed by atoms with Crippen LogP contribution in [-0.2, 0) is 10.8 Å². The van der Waals surface area contributed by atoms with Crippen molar-refractivity contribution in [3.8, 4) is 30.8 Å². The molecule has 4 aliphatic rings. The highest BCUT2D eigenvalue weighted by Crippen LogP contribution is 2.56. The summed E-state index contributed by atoms with van der Waals surface area (Å²) in [5.74, 6) is 5.79. The first kappa shape index (κ1) is 26.7. The molecule has 2 aliphatic carbocycles. The molecule has 4 heteroatoms. The van der Waals surface area contributed by atoms with E-state index in [-0.39, 0.29) is 10.8 Å². The second-order valence-corrected chi connectivity index (χ2v) is 11.8. The van der Waals surface area contributed by atoms with E-state index in [2.05, 4.69) is 74.7 Å². The number of benzene rings is 2. The van der Waals surface area contributed by atoms with E-state index < -0.39 is 0 Å². The Morgan fingerprint density at radius 1 is 0.927 bits per heavy atom. The van der Waals surface area contributed by atoms with Gasteiger partial charge in [0, 0.05) is 34.5 Å². The maximum Gasteiger partial charge on any atom is 0.210 e. The Kier molecular flexibility index (Phi) is 7.04. The number of allylic oxidation sites excluding steroid dienone is 4. The molecular weight excluding hydrogens is 500 g/mol. The van der Waals surface area contributed by atoms with Crippen LogP contribution in [0.1, 0.15) is 80.9 Å². The first-order valence-corrected chi connectivity index (χ1v) is 14.9. The summed E-state index contributed by atoms with van der Waals surface area (Å²) in [6.07, 6.45) is 30.0. The second-order valence-electron chi connectivity index (χ2n) is 11.8. The van der Waals surface area contributed by atoms with E-state index in [9.17, 15) is 5.26 Å². The Morgan fingerprint density at radius 2 is 1.66 bits per heavy atom. The molecule has 2 saturated carbocycles. The summed E-state index contributed by atoms with van der Waals surface area (Å²) in [5.41, 5.74) is 8.39. The molecule has 2 heterocycles. The molecule has 2 spiro atoms. The zero-order valence-corrected chi connectivity index (χ0v) is 23.6. The molecule has 0 unspecified atom stereocenters. The van der Waals surface area contributed by atoms with Crippen LogP contribution in [0.4, 0.5) is 17.1 Å². The molecular formula is C37H35N4+. The first-order valence-electron chi connectivity index (χ1n) is 14.9. The summed E-state index contributed by atoms with van der Waals surface area (Å²) in [6.45, 7) is 8.63. The van der Waals surface area contributed by atoms with Crippen molar-refractivity contribution >= 4 is 22.8 Å². The number of terminal acetylenes is 2. The SMILES string of the molecule is [C-]#[N+]c1ccc2c(c1)C1(CCCCC1)C(=CC=CC1=[N+](CC#C)c3ccc(C#N)cc3C13CCCCC3)N2CC#C. The number of anilines is 1. The topological polar surface area (TPSA) is 34.4 Å². The Morgan fingerprint density at radius 3 is 2.32 bits per heavy atom. The summed E-state index contributed by atoms with van der Waals surface area (Å²) in [7, 11) is 0. The van der Waals surface area contributed by atoms with Crippen molar-refractivity contribution in [1.29, 1.82) is 5.26 Å². The van der Waals surface area contributed by atoms with Gasteiger partial charge in [-0.2, -0.15) is 9.84 Å². The normalized spacial score (nSPS) is 21.0. The van der Waals surface area contributed by atoms with Crippen LogP contribution in [-0.4, -0.2) is 23.4 Å². The predicted molar refractivity (Wildman–Crippen MR) is 165 cm³/mol. The summed E-state index contributed by atoms with van der Waals surface area (Å²) >= 11 is 0. The molecule has 0 atom stereocenters. The first-order chi connectivity index (χ1) is 20.1. The van der Waals surface area contributed by atoms with Gasteiger partial charge in [-0.05, 0) is 61.4 Å². The number of rotatable bonds is 4. The van der Waals surface area contributed by atoms with Crippen LogP contribution in [0.3, 0.4) is 0 Å². The third-order valence-corrected chi connectivity index (χ3v) is 9.83. The van der Waals surface area contributed by atoms with Gasteiger partial charge >= 0.3 is 0 Å². The van der Waals surface area contributed by atoms with Gasteiger partial charge in [0.25, 0.3) is 0 Å². The van der Waals surface area contributed by atoms with Gasteiger partial charge in [0.2, 0.25) is 12.2 Å². The summed E-state index contributed by atoms with van der Waals surface area (Å²) < 4.78 is 2.29. The summed E-state index contributed by atoms with van der Waals surface area (Å²) in [6, 6.07) is 14.5. The highest BCUT2D eigenvalue weighted by molar-refractivity contribution is 6.04. The van der Waals surface area contributed by atoms with Crippen molar-refractivity contribution in [3.05, 3.63) is 88.4 Å². The minimum Gasteiger partial charge on any atom is -0.332 e. The average Bonchev–Trinajstić information content (AvgIpc) is 3.39. The lowest BCUT2D eigenvalue weighted by Crippen LogP contribution is -2.36. The van der Waals surface area contributed by atoms with E-state index in [1.807, 2.05) is 12.1 Å². The number of nitrogens with zero attached hydrogens (tertiary/aromatic N) is 4. The lowest BCUT2D eigenvalue weighted by atomic mass is 9.67. The molecule has 202 valence electrons. The Balaban J connectivity index is 1.49. The van der Waals surface area contributed by atoms with E-state index in [1.165, 1.54) is 48.2 Å². The number of hydrogen-bond donors (Lipinski definition) is 0. The van der Waals surface area contributed by atoms with Crippen LogP contribution in [0.2, 0.25) is 0 Å². The number of fused-ring (bicyclic) bond motifs is 4. The fourth-order valence-electron chi connectivity index (χ4n) is 8.10. The van der Waals surface area contributed by atoms with Crippen molar-refractivity contribution in [1.82, 2.24) is 0 Å². The van der Waals surface area contributed by atoms with Crippen molar-refractivity contribution in [2.24, 2.45) is 0 Å². The highest BCUT2D eigenvalue weighted by Gasteiger charge is 2.51. The fourth-order valence-corrected chi connectivity index (χ4v) is 8.10. The van der Waals surface area contributed by atoms with Gasteiger partial charge in [-0.15, -0.1) is 12.8 Å². The maximum absolute atomic E-state index is 9.69. The molecule has 41 heavy (non-hydrogen) atoms. The predicted octanol–water partition coefficient (Wildman–Crippen LogP) is 7.84. The van der Waals surface area contributed by atoms with Crippen LogP contribution in [0.5, 0.6) is 0 Å². The summed E-state index contributed by atoms with van der Waals surface area (Å²) in [4.78, 5) is 6.05. The minimum absolute atomic E-state index is 0.124. The maximum atomic E-state index is 9.69. The van der Waals surface area contributed by atoms with Crippen molar-refractivity contribution in [2.45, 2.75) is 75.0 Å². The van der Waals surface area contributed by atoms with Crippen molar-refractivity contribution in [3.63, 3.8) is 0 Å². The third-order valence-electron chi connectivity index (χ3n) is 9.83. The second kappa shape index (κ2) is 10.8. The van der Waals surface area contributed by atoms with Gasteiger partial charge in [0.05, 0.1) is 30.2 Å². The van der Waals surface area contributed by atoms with Gasteiger partial charge < -0.3 is 4.90 Å². The summed E-state index contributed by atoms with van der Waals surface area (Å²) in [5, 5.41) is 9.69. The monoisotopic (exact) mass is 535 g/mol. The van der Waals surface area contributed by atoms with Crippen LogP contribution in [0, 0.1) is 42.6 Å². The van der Waals surface area contributed by atoms with E-state index in [4.69, 9.17) is 19.4 Å². The number of hydrogen-bond acceptors (Lipinski definition) is 2. The molecule has 2 aromatic carbocycles. The lowest BCUT2D eigenvalue weighted by molar-refractivity contribution is -0.423. The zero-order chi connectivity index (χ0) is 28.5.